The SMILES string of the molecule is CCOc1ccc(NC(=O)[C@@H]2[C@H]3C(=O)N([C@@H](CO)CC(C)C)C(C(=O)NCn4nnc5ccccc54)C34CC(C)[C@@]2(C)O4)cc1. The van der Waals surface area contributed by atoms with Crippen molar-refractivity contribution < 1.29 is 29.0 Å². The normalized spacial score (nSPS) is 29.3. The van der Waals surface area contributed by atoms with Gasteiger partial charge in [0, 0.05) is 5.69 Å². The molecule has 3 saturated heterocycles. The third-order valence-corrected chi connectivity index (χ3v) is 9.89. The van der Waals surface area contributed by atoms with E-state index in [-0.39, 0.29) is 36.9 Å². The number of fused-ring (bicyclic) bond motifs is 2. The first kappa shape index (κ1) is 31.0. The summed E-state index contributed by atoms with van der Waals surface area (Å²) in [6.07, 6.45) is 0.909. The van der Waals surface area contributed by atoms with Crippen LogP contribution in [0, 0.1) is 23.7 Å². The molecule has 3 aliphatic heterocycles. The molecule has 4 heterocycles. The molecular formula is C33H42N6O6. The maximum absolute atomic E-state index is 14.5. The molecule has 1 spiro atoms. The van der Waals surface area contributed by atoms with Crippen LogP contribution in [0.2, 0.25) is 0 Å². The third-order valence-electron chi connectivity index (χ3n) is 9.89. The number of likely N-dealkylation sites (tertiary alicyclic amines) is 1. The van der Waals surface area contributed by atoms with Gasteiger partial charge in [-0.25, -0.2) is 4.68 Å². The second-order valence-electron chi connectivity index (χ2n) is 13.1. The molecule has 3 fully saturated rings. The molecule has 6 rings (SSSR count). The Hall–Kier alpha value is -4.03. The molecule has 12 heteroatoms. The number of amides is 3. The minimum atomic E-state index is -1.25. The van der Waals surface area contributed by atoms with E-state index >= 15 is 0 Å². The van der Waals surface area contributed by atoms with Crippen LogP contribution in [0.3, 0.4) is 0 Å². The molecule has 0 saturated carbocycles. The number of carbonyl (C=O) groups is 3. The van der Waals surface area contributed by atoms with Crippen LogP contribution in [0.5, 0.6) is 5.75 Å². The van der Waals surface area contributed by atoms with Gasteiger partial charge < -0.3 is 30.1 Å². The van der Waals surface area contributed by atoms with Crippen molar-refractivity contribution in [3.8, 4) is 5.75 Å². The predicted octanol–water partition coefficient (Wildman–Crippen LogP) is 2.96. The van der Waals surface area contributed by atoms with E-state index in [9.17, 15) is 19.5 Å². The summed E-state index contributed by atoms with van der Waals surface area (Å²) in [5.74, 6) is -2.14. The van der Waals surface area contributed by atoms with Crippen molar-refractivity contribution in [3.63, 3.8) is 0 Å². The first-order valence-corrected chi connectivity index (χ1v) is 15.8. The Balaban J connectivity index is 1.34. The van der Waals surface area contributed by atoms with Crippen LogP contribution in [0.25, 0.3) is 11.0 Å². The standard InChI is InChI=1S/C33H42N6O6/c1-6-44-23-13-11-21(12-14-23)35-29(41)26-27-31(43)39(22(17-40)15-19(2)3)28(33(27)16-20(4)32(26,5)45-33)30(42)34-18-38-25-10-8-7-9-24(25)36-37-38/h7-14,19-20,22,26-28,40H,6,15-18H2,1-5H3,(H,34,42)(H,35,41)/t20?,22-,26+,27+,28?,32-,33?/m1/s1. The van der Waals surface area contributed by atoms with Crippen molar-refractivity contribution in [1.29, 1.82) is 0 Å². The van der Waals surface area contributed by atoms with Gasteiger partial charge in [-0.05, 0) is 74.9 Å². The van der Waals surface area contributed by atoms with Crippen LogP contribution in [0.1, 0.15) is 47.5 Å². The maximum atomic E-state index is 14.5. The average molecular weight is 619 g/mol. The third kappa shape index (κ3) is 5.04. The van der Waals surface area contributed by atoms with Crippen LogP contribution >= 0.6 is 0 Å². The average Bonchev–Trinajstić information content (AvgIpc) is 3.69. The summed E-state index contributed by atoms with van der Waals surface area (Å²) in [6.45, 7) is 10.0. The molecule has 3 aromatic rings. The molecule has 240 valence electrons. The Bertz CT molecular complexity index is 1590. The summed E-state index contributed by atoms with van der Waals surface area (Å²) < 4.78 is 13.9. The lowest BCUT2D eigenvalue weighted by Crippen LogP contribution is -2.58. The molecule has 45 heavy (non-hydrogen) atoms. The van der Waals surface area contributed by atoms with E-state index in [0.717, 1.165) is 5.52 Å². The zero-order valence-electron chi connectivity index (χ0n) is 26.4. The van der Waals surface area contributed by atoms with Crippen molar-refractivity contribution in [1.82, 2.24) is 25.2 Å². The highest BCUT2D eigenvalue weighted by molar-refractivity contribution is 6.02. The van der Waals surface area contributed by atoms with Gasteiger partial charge in [-0.15, -0.1) is 5.10 Å². The van der Waals surface area contributed by atoms with Crippen LogP contribution in [0.15, 0.2) is 48.5 Å². The number of aliphatic hydroxyl groups is 1. The van der Waals surface area contributed by atoms with Crippen molar-refractivity contribution in [2.75, 3.05) is 18.5 Å². The summed E-state index contributed by atoms with van der Waals surface area (Å²) in [5.41, 5.74) is -0.200. The van der Waals surface area contributed by atoms with Gasteiger partial charge in [0.25, 0.3) is 0 Å². The Kier molecular flexibility index (Phi) is 8.07. The Morgan fingerprint density at radius 1 is 1.16 bits per heavy atom. The summed E-state index contributed by atoms with van der Waals surface area (Å²) in [7, 11) is 0. The molecular weight excluding hydrogens is 576 g/mol. The van der Waals surface area contributed by atoms with Crippen LogP contribution < -0.4 is 15.4 Å². The molecule has 3 N–H and O–H groups in total. The van der Waals surface area contributed by atoms with Gasteiger partial charge in [0.15, 0.2) is 0 Å². The van der Waals surface area contributed by atoms with Crippen molar-refractivity contribution in [2.24, 2.45) is 23.7 Å². The number of para-hydroxylation sites is 1. The highest BCUT2D eigenvalue weighted by atomic mass is 16.5. The van der Waals surface area contributed by atoms with Crippen LogP contribution in [0.4, 0.5) is 5.69 Å². The molecule has 0 radical (unpaired) electrons. The number of hydrogen-bond donors (Lipinski definition) is 3. The van der Waals surface area contributed by atoms with E-state index in [4.69, 9.17) is 9.47 Å². The van der Waals surface area contributed by atoms with E-state index in [1.165, 1.54) is 4.90 Å². The number of benzene rings is 2. The minimum absolute atomic E-state index is 0.0288. The van der Waals surface area contributed by atoms with E-state index in [1.807, 2.05) is 58.9 Å². The van der Waals surface area contributed by atoms with E-state index in [1.54, 1.807) is 28.9 Å². The molecule has 3 amide bonds. The smallest absolute Gasteiger partial charge is 0.247 e. The Morgan fingerprint density at radius 2 is 1.89 bits per heavy atom. The fraction of sp³-hybridized carbons (Fsp3) is 0.545. The van der Waals surface area contributed by atoms with Crippen molar-refractivity contribution in [3.05, 3.63) is 48.5 Å². The molecule has 7 atom stereocenters. The number of hydrogen-bond acceptors (Lipinski definition) is 8. The fourth-order valence-corrected chi connectivity index (χ4v) is 7.89. The molecule has 0 aliphatic carbocycles. The van der Waals surface area contributed by atoms with E-state index in [2.05, 4.69) is 20.9 Å². The molecule has 12 nitrogen and oxygen atoms in total. The van der Waals surface area contributed by atoms with Gasteiger partial charge in [0.2, 0.25) is 17.7 Å². The minimum Gasteiger partial charge on any atom is -0.494 e. The topological polar surface area (TPSA) is 148 Å². The monoisotopic (exact) mass is 618 g/mol. The lowest BCUT2D eigenvalue weighted by atomic mass is 9.62. The summed E-state index contributed by atoms with van der Waals surface area (Å²) in [5, 5.41) is 24.9. The maximum Gasteiger partial charge on any atom is 0.247 e. The number of ether oxygens (including phenoxy) is 2. The number of nitrogens with zero attached hydrogens (tertiary/aromatic N) is 4. The van der Waals surface area contributed by atoms with Crippen LogP contribution in [-0.4, -0.2) is 79.2 Å². The molecule has 3 unspecified atom stereocenters. The lowest BCUT2D eigenvalue weighted by Gasteiger charge is -2.37. The number of anilines is 1. The predicted molar refractivity (Wildman–Crippen MR) is 166 cm³/mol. The highest BCUT2D eigenvalue weighted by Crippen LogP contribution is 2.65. The summed E-state index contributed by atoms with van der Waals surface area (Å²) >= 11 is 0. The number of aromatic nitrogens is 3. The molecule has 2 aromatic carbocycles. The first-order valence-electron chi connectivity index (χ1n) is 15.8. The Morgan fingerprint density at radius 3 is 2.58 bits per heavy atom. The number of rotatable bonds is 11. The first-order chi connectivity index (χ1) is 21.5. The van der Waals surface area contributed by atoms with Gasteiger partial charge in [-0.1, -0.05) is 38.1 Å². The van der Waals surface area contributed by atoms with E-state index < -0.39 is 41.0 Å². The van der Waals surface area contributed by atoms with E-state index in [0.29, 0.717) is 36.4 Å². The summed E-state index contributed by atoms with van der Waals surface area (Å²) in [4.78, 5) is 44.4. The van der Waals surface area contributed by atoms with Crippen molar-refractivity contribution >= 4 is 34.4 Å². The molecule has 3 aliphatic rings. The second kappa shape index (κ2) is 11.7. The largest absolute Gasteiger partial charge is 0.494 e. The zero-order chi connectivity index (χ0) is 32.1. The number of nitrogens with one attached hydrogen (secondary N) is 2. The second-order valence-corrected chi connectivity index (χ2v) is 13.1. The zero-order valence-corrected chi connectivity index (χ0v) is 26.4. The summed E-state index contributed by atoms with van der Waals surface area (Å²) in [6, 6.07) is 12.8. The molecule has 2 bridgehead atoms. The van der Waals surface area contributed by atoms with Gasteiger partial charge in [0.1, 0.15) is 29.6 Å². The van der Waals surface area contributed by atoms with Crippen molar-refractivity contribution in [2.45, 2.75) is 77.4 Å². The number of carbonyl (C=O) groups excluding carboxylic acids is 3. The fourth-order valence-electron chi connectivity index (χ4n) is 7.89. The Labute approximate surface area is 262 Å². The van der Waals surface area contributed by atoms with Gasteiger partial charge >= 0.3 is 0 Å². The number of aliphatic hydroxyl groups excluding tert-OH is 1. The van der Waals surface area contributed by atoms with Crippen LogP contribution in [-0.2, 0) is 25.8 Å². The van der Waals surface area contributed by atoms with Gasteiger partial charge in [-0.3, -0.25) is 14.4 Å². The van der Waals surface area contributed by atoms with Gasteiger partial charge in [0.05, 0.1) is 42.2 Å². The quantitative estimate of drug-likeness (QED) is 0.297. The highest BCUT2D eigenvalue weighted by Gasteiger charge is 2.80. The van der Waals surface area contributed by atoms with Gasteiger partial charge in [-0.2, -0.15) is 0 Å². The lowest BCUT2D eigenvalue weighted by molar-refractivity contribution is -0.150. The molecule has 1 aromatic heterocycles.